The average molecular weight is 685 g/mol. The molecular formula is C36H32IrN2-2. The first kappa shape index (κ1) is 28.4. The van der Waals surface area contributed by atoms with Crippen LogP contribution in [0.3, 0.4) is 0 Å². The standard InChI is InChI=1S/C25H24N.C11H8N.Ir/c1-16(2)19-13-20(17(3)4)15-21(14-19)25-24-10-9-18-7-5-6-8-22(18)23(24)11-12-26-25;1-2-6-10(7-3-1)11-8-4-5-9-12-11;/h5-14,16-17H,1-4H3;1-6,8-9H;/q2*-1;. The van der Waals surface area contributed by atoms with Crippen LogP contribution in [-0.4, -0.2) is 9.97 Å². The van der Waals surface area contributed by atoms with Crippen molar-refractivity contribution >= 4 is 21.5 Å². The molecule has 0 bridgehead atoms. The van der Waals surface area contributed by atoms with Crippen LogP contribution in [0.25, 0.3) is 44.1 Å². The second-order valence-electron chi connectivity index (χ2n) is 10.1. The number of hydrogen-bond donors (Lipinski definition) is 0. The molecule has 0 saturated carbocycles. The van der Waals surface area contributed by atoms with Crippen LogP contribution in [-0.2, 0) is 20.1 Å². The number of rotatable bonds is 4. The molecule has 0 atom stereocenters. The molecule has 2 nitrogen and oxygen atoms in total. The molecule has 4 aromatic carbocycles. The number of benzene rings is 4. The maximum atomic E-state index is 4.75. The predicted molar refractivity (Wildman–Crippen MR) is 160 cm³/mol. The van der Waals surface area contributed by atoms with E-state index in [2.05, 4.69) is 99.4 Å². The van der Waals surface area contributed by atoms with E-state index in [-0.39, 0.29) is 20.1 Å². The van der Waals surface area contributed by atoms with Gasteiger partial charge in [0, 0.05) is 32.5 Å². The molecule has 0 spiro atoms. The van der Waals surface area contributed by atoms with Gasteiger partial charge in [-0.05, 0) is 56.9 Å². The number of aromatic nitrogens is 2. The Balaban J connectivity index is 0.000000228. The van der Waals surface area contributed by atoms with Crippen molar-refractivity contribution in [2.45, 2.75) is 39.5 Å². The largest absolute Gasteiger partial charge is 0.305 e. The van der Waals surface area contributed by atoms with Crippen LogP contribution in [0.1, 0.15) is 50.7 Å². The topological polar surface area (TPSA) is 25.8 Å². The van der Waals surface area contributed by atoms with Crippen LogP contribution >= 0.6 is 0 Å². The molecule has 6 aromatic rings. The first-order valence-electron chi connectivity index (χ1n) is 13.2. The molecule has 197 valence electrons. The molecule has 0 fully saturated rings. The summed E-state index contributed by atoms with van der Waals surface area (Å²) < 4.78 is 0. The molecule has 0 aliphatic heterocycles. The minimum atomic E-state index is 0. The van der Waals surface area contributed by atoms with E-state index >= 15 is 0 Å². The van der Waals surface area contributed by atoms with Crippen molar-refractivity contribution in [1.29, 1.82) is 0 Å². The molecule has 6 rings (SSSR count). The zero-order valence-corrected chi connectivity index (χ0v) is 25.2. The smallest absolute Gasteiger partial charge is 0.0167 e. The zero-order valence-electron chi connectivity index (χ0n) is 22.8. The monoisotopic (exact) mass is 685 g/mol. The number of fused-ring (bicyclic) bond motifs is 3. The van der Waals surface area contributed by atoms with E-state index in [1.54, 1.807) is 6.20 Å². The Hall–Kier alpha value is -3.65. The molecule has 39 heavy (non-hydrogen) atoms. The van der Waals surface area contributed by atoms with Crippen LogP contribution in [0.2, 0.25) is 0 Å². The van der Waals surface area contributed by atoms with Crippen LogP contribution in [0.4, 0.5) is 0 Å². The predicted octanol–water partition coefficient (Wildman–Crippen LogP) is 9.65. The third-order valence-corrected chi connectivity index (χ3v) is 6.78. The summed E-state index contributed by atoms with van der Waals surface area (Å²) in [5.74, 6) is 0.930. The van der Waals surface area contributed by atoms with Gasteiger partial charge < -0.3 is 9.97 Å². The fourth-order valence-corrected chi connectivity index (χ4v) is 4.61. The third-order valence-electron chi connectivity index (χ3n) is 6.78. The van der Waals surface area contributed by atoms with Crippen molar-refractivity contribution in [3.8, 4) is 22.5 Å². The van der Waals surface area contributed by atoms with E-state index in [0.29, 0.717) is 11.8 Å². The number of hydrogen-bond acceptors (Lipinski definition) is 2. The quantitative estimate of drug-likeness (QED) is 0.137. The second kappa shape index (κ2) is 12.9. The van der Waals surface area contributed by atoms with Crippen molar-refractivity contribution in [3.05, 3.63) is 133 Å². The molecule has 0 amide bonds. The average Bonchev–Trinajstić information content (AvgIpc) is 2.97. The molecule has 0 unspecified atom stereocenters. The van der Waals surface area contributed by atoms with Gasteiger partial charge in [-0.1, -0.05) is 76.2 Å². The molecule has 0 aliphatic carbocycles. The summed E-state index contributed by atoms with van der Waals surface area (Å²) in [6, 6.07) is 40.1. The first-order chi connectivity index (χ1) is 18.5. The van der Waals surface area contributed by atoms with Gasteiger partial charge in [-0.15, -0.1) is 70.8 Å². The zero-order chi connectivity index (χ0) is 26.5. The summed E-state index contributed by atoms with van der Waals surface area (Å²) in [7, 11) is 0. The van der Waals surface area contributed by atoms with Crippen LogP contribution in [0.5, 0.6) is 0 Å². The van der Waals surface area contributed by atoms with Crippen molar-refractivity contribution in [3.63, 3.8) is 0 Å². The molecule has 3 heteroatoms. The van der Waals surface area contributed by atoms with Gasteiger partial charge in [0.25, 0.3) is 0 Å². The van der Waals surface area contributed by atoms with E-state index in [9.17, 15) is 0 Å². The Labute approximate surface area is 245 Å². The van der Waals surface area contributed by atoms with Gasteiger partial charge in [0.2, 0.25) is 0 Å². The van der Waals surface area contributed by atoms with Gasteiger partial charge >= 0.3 is 0 Å². The summed E-state index contributed by atoms with van der Waals surface area (Å²) >= 11 is 0. The molecule has 0 saturated heterocycles. The Morgan fingerprint density at radius 3 is 2.13 bits per heavy atom. The van der Waals surface area contributed by atoms with E-state index < -0.39 is 0 Å². The van der Waals surface area contributed by atoms with E-state index in [1.165, 1.54) is 32.7 Å². The van der Waals surface area contributed by atoms with Crippen molar-refractivity contribution < 1.29 is 20.1 Å². The summed E-state index contributed by atoms with van der Waals surface area (Å²) in [4.78, 5) is 8.97. The van der Waals surface area contributed by atoms with Gasteiger partial charge in [0.05, 0.1) is 0 Å². The van der Waals surface area contributed by atoms with Crippen LogP contribution < -0.4 is 0 Å². The minimum absolute atomic E-state index is 0. The molecule has 2 heterocycles. The van der Waals surface area contributed by atoms with Gasteiger partial charge in [-0.25, -0.2) is 0 Å². The van der Waals surface area contributed by atoms with Crippen molar-refractivity contribution in [1.82, 2.24) is 9.97 Å². The fraction of sp³-hybridized carbons (Fsp3) is 0.167. The van der Waals surface area contributed by atoms with Crippen molar-refractivity contribution in [2.24, 2.45) is 0 Å². The number of pyridine rings is 2. The second-order valence-corrected chi connectivity index (χ2v) is 10.1. The molecular weight excluding hydrogens is 653 g/mol. The normalized spacial score (nSPS) is 10.8. The minimum Gasteiger partial charge on any atom is -0.305 e. The Bertz CT molecular complexity index is 1590. The van der Waals surface area contributed by atoms with E-state index in [1.807, 2.05) is 48.7 Å². The molecule has 0 N–H and O–H groups in total. The molecule has 1 radical (unpaired) electrons. The van der Waals surface area contributed by atoms with Crippen molar-refractivity contribution in [2.75, 3.05) is 0 Å². The van der Waals surface area contributed by atoms with Gasteiger partial charge in [-0.2, -0.15) is 0 Å². The fourth-order valence-electron chi connectivity index (χ4n) is 4.61. The summed E-state index contributed by atoms with van der Waals surface area (Å²) in [6.45, 7) is 8.94. The Morgan fingerprint density at radius 2 is 1.41 bits per heavy atom. The number of nitrogens with zero attached hydrogens (tertiary/aromatic N) is 2. The molecule has 0 aliphatic rings. The SMILES string of the molecule is CC(C)c1[c-]c(-c2nccc3c2ccc2ccccc23)cc(C(C)C)c1.[Ir].[c-]1ccccc1-c1ccccn1. The summed E-state index contributed by atoms with van der Waals surface area (Å²) in [5.41, 5.74) is 6.74. The summed E-state index contributed by atoms with van der Waals surface area (Å²) in [6.07, 6.45) is 3.71. The first-order valence-corrected chi connectivity index (χ1v) is 13.2. The van der Waals surface area contributed by atoms with Gasteiger partial charge in [0.1, 0.15) is 0 Å². The van der Waals surface area contributed by atoms with Gasteiger partial charge in [-0.3, -0.25) is 0 Å². The third kappa shape index (κ3) is 6.50. The van der Waals surface area contributed by atoms with Crippen LogP contribution in [0, 0.1) is 12.1 Å². The maximum Gasteiger partial charge on any atom is 0.0167 e. The van der Waals surface area contributed by atoms with E-state index in [0.717, 1.165) is 22.5 Å². The van der Waals surface area contributed by atoms with Crippen LogP contribution in [0.15, 0.2) is 109 Å². The Kier molecular flexibility index (Phi) is 9.40. The maximum absolute atomic E-state index is 4.75. The summed E-state index contributed by atoms with van der Waals surface area (Å²) in [5, 5.41) is 4.98. The molecule has 2 aromatic heterocycles. The van der Waals surface area contributed by atoms with E-state index in [4.69, 9.17) is 4.98 Å². The Morgan fingerprint density at radius 1 is 0.615 bits per heavy atom. The van der Waals surface area contributed by atoms with Gasteiger partial charge in [0.15, 0.2) is 0 Å².